The normalized spacial score (nSPS) is 15.4. The summed E-state index contributed by atoms with van der Waals surface area (Å²) in [7, 11) is 3.17. The molecule has 2 rings (SSSR count). The van der Waals surface area contributed by atoms with Gasteiger partial charge < -0.3 is 4.74 Å². The molecule has 0 aliphatic carbocycles. The van der Waals surface area contributed by atoms with Crippen LogP contribution in [0.1, 0.15) is 5.56 Å². The lowest BCUT2D eigenvalue weighted by Gasteiger charge is -2.18. The van der Waals surface area contributed by atoms with Gasteiger partial charge in [-0.2, -0.15) is 13.2 Å². The molecular formula is C10H12F3N3O. The summed E-state index contributed by atoms with van der Waals surface area (Å²) in [5.74, 6) is 0. The minimum Gasteiger partial charge on any atom is -0.363 e. The summed E-state index contributed by atoms with van der Waals surface area (Å²) in [6.45, 7) is 0.253. The quantitative estimate of drug-likeness (QED) is 0.865. The van der Waals surface area contributed by atoms with Crippen molar-refractivity contribution < 1.29 is 17.9 Å². The molecule has 0 saturated carbocycles. The molecule has 7 heteroatoms. The first-order valence-corrected chi connectivity index (χ1v) is 4.91. The molecule has 1 aliphatic heterocycles. The highest BCUT2D eigenvalue weighted by molar-refractivity contribution is 5.74. The van der Waals surface area contributed by atoms with E-state index >= 15 is 0 Å². The van der Waals surface area contributed by atoms with Gasteiger partial charge in [0.15, 0.2) is 0 Å². The van der Waals surface area contributed by atoms with Crippen LogP contribution in [0.25, 0.3) is 0 Å². The van der Waals surface area contributed by atoms with Crippen molar-refractivity contribution in [1.29, 1.82) is 0 Å². The lowest BCUT2D eigenvalue weighted by atomic mass is 10.1. The maximum atomic E-state index is 12.6. The Bertz CT molecular complexity index is 422. The molecule has 0 saturated heterocycles. The number of anilines is 2. The third-order valence-electron chi connectivity index (χ3n) is 2.48. The second kappa shape index (κ2) is 4.08. The van der Waals surface area contributed by atoms with E-state index in [4.69, 9.17) is 4.74 Å². The molecule has 1 heterocycles. The van der Waals surface area contributed by atoms with E-state index in [-0.39, 0.29) is 6.73 Å². The number of benzene rings is 1. The van der Waals surface area contributed by atoms with Gasteiger partial charge in [-0.05, 0) is 18.2 Å². The molecular weight excluding hydrogens is 235 g/mol. The van der Waals surface area contributed by atoms with Crippen LogP contribution in [-0.2, 0) is 10.9 Å². The maximum Gasteiger partial charge on any atom is 0.416 e. The predicted octanol–water partition coefficient (Wildman–Crippen LogP) is 1.99. The average molecular weight is 247 g/mol. The molecule has 0 aromatic heterocycles. The van der Waals surface area contributed by atoms with E-state index in [2.05, 4.69) is 5.53 Å². The van der Waals surface area contributed by atoms with Crippen molar-refractivity contribution in [2.75, 3.05) is 30.9 Å². The molecule has 0 amide bonds. The van der Waals surface area contributed by atoms with Crippen molar-refractivity contribution >= 4 is 11.4 Å². The Hall–Kier alpha value is -1.47. The summed E-state index contributed by atoms with van der Waals surface area (Å²) >= 11 is 0. The lowest BCUT2D eigenvalue weighted by molar-refractivity contribution is -0.137. The summed E-state index contributed by atoms with van der Waals surface area (Å²) in [5, 5.41) is 3.14. The largest absolute Gasteiger partial charge is 0.416 e. The van der Waals surface area contributed by atoms with Gasteiger partial charge in [-0.15, -0.1) is 5.53 Å². The van der Waals surface area contributed by atoms with Crippen molar-refractivity contribution in [2.45, 2.75) is 6.18 Å². The van der Waals surface area contributed by atoms with Crippen LogP contribution in [-0.4, -0.2) is 20.9 Å². The van der Waals surface area contributed by atoms with Crippen LogP contribution in [0.15, 0.2) is 18.2 Å². The van der Waals surface area contributed by atoms with Crippen LogP contribution >= 0.6 is 0 Å². The van der Waals surface area contributed by atoms with Crippen LogP contribution in [0.4, 0.5) is 24.5 Å². The number of hydrogen-bond donors (Lipinski definition) is 1. The van der Waals surface area contributed by atoms with Crippen molar-refractivity contribution in [1.82, 2.24) is 5.53 Å². The fraction of sp³-hybridized carbons (Fsp3) is 0.400. The van der Waals surface area contributed by atoms with Crippen molar-refractivity contribution in [2.24, 2.45) is 0 Å². The number of halogens is 3. The summed E-state index contributed by atoms with van der Waals surface area (Å²) in [6.07, 6.45) is -4.33. The van der Waals surface area contributed by atoms with Crippen LogP contribution < -0.4 is 15.6 Å². The van der Waals surface area contributed by atoms with E-state index in [9.17, 15) is 13.2 Å². The topological polar surface area (TPSA) is 27.7 Å². The predicted molar refractivity (Wildman–Crippen MR) is 57.3 cm³/mol. The highest BCUT2D eigenvalue weighted by Crippen LogP contribution is 2.38. The Morgan fingerprint density at radius 3 is 2.59 bits per heavy atom. The van der Waals surface area contributed by atoms with E-state index in [0.717, 1.165) is 12.1 Å². The minimum absolute atomic E-state index is 0.253. The van der Waals surface area contributed by atoms with Gasteiger partial charge in [0.2, 0.25) is 0 Å². The smallest absolute Gasteiger partial charge is 0.363 e. The molecule has 0 radical (unpaired) electrons. The number of alkyl halides is 3. The number of rotatable bonds is 2. The SMILES string of the molecule is COCN1NN(C)c2cc(C(F)(F)F)ccc21. The Balaban J connectivity index is 2.37. The third kappa shape index (κ3) is 2.16. The summed E-state index contributed by atoms with van der Waals surface area (Å²) in [4.78, 5) is 0. The fourth-order valence-electron chi connectivity index (χ4n) is 1.71. The number of ether oxygens (including phenoxy) is 1. The molecule has 94 valence electrons. The van der Waals surface area contributed by atoms with Crippen molar-refractivity contribution in [3.8, 4) is 0 Å². The standard InChI is InChI=1S/C10H12F3N3O/c1-15-9-5-7(10(11,12)13)3-4-8(9)16(14-15)6-17-2/h3-5,14H,6H2,1-2H3. The number of fused-ring (bicyclic) bond motifs is 1. The van der Waals surface area contributed by atoms with E-state index in [0.29, 0.717) is 11.4 Å². The maximum absolute atomic E-state index is 12.6. The Labute approximate surface area is 96.5 Å². The molecule has 1 aromatic rings. The highest BCUT2D eigenvalue weighted by atomic mass is 19.4. The number of nitrogens with one attached hydrogen (secondary N) is 1. The van der Waals surface area contributed by atoms with E-state index in [1.54, 1.807) is 12.1 Å². The molecule has 4 nitrogen and oxygen atoms in total. The molecule has 1 aliphatic rings. The minimum atomic E-state index is -4.33. The average Bonchev–Trinajstić information content (AvgIpc) is 2.55. The molecule has 0 unspecified atom stereocenters. The molecule has 1 N–H and O–H groups in total. The summed E-state index contributed by atoms with van der Waals surface area (Å²) in [5.41, 5.74) is 3.33. The van der Waals surface area contributed by atoms with Gasteiger partial charge in [0, 0.05) is 14.2 Å². The van der Waals surface area contributed by atoms with Crippen LogP contribution in [0, 0.1) is 0 Å². The molecule has 1 aromatic carbocycles. The molecule has 0 atom stereocenters. The Morgan fingerprint density at radius 1 is 1.29 bits per heavy atom. The second-order valence-electron chi connectivity index (χ2n) is 3.71. The molecule has 0 fully saturated rings. The van der Waals surface area contributed by atoms with E-state index in [1.807, 2.05) is 0 Å². The van der Waals surface area contributed by atoms with Crippen molar-refractivity contribution in [3.05, 3.63) is 23.8 Å². The first-order chi connectivity index (χ1) is 7.93. The highest BCUT2D eigenvalue weighted by Gasteiger charge is 2.33. The number of hydrogen-bond acceptors (Lipinski definition) is 4. The molecule has 0 bridgehead atoms. The van der Waals surface area contributed by atoms with Gasteiger partial charge in [-0.1, -0.05) is 0 Å². The summed E-state index contributed by atoms with van der Waals surface area (Å²) in [6, 6.07) is 3.59. The van der Waals surface area contributed by atoms with Gasteiger partial charge in [0.05, 0.1) is 16.9 Å². The third-order valence-corrected chi connectivity index (χ3v) is 2.48. The van der Waals surface area contributed by atoms with Crippen LogP contribution in [0.5, 0.6) is 0 Å². The van der Waals surface area contributed by atoms with Gasteiger partial charge in [-0.25, -0.2) is 0 Å². The zero-order valence-corrected chi connectivity index (χ0v) is 9.38. The van der Waals surface area contributed by atoms with Crippen LogP contribution in [0.2, 0.25) is 0 Å². The van der Waals surface area contributed by atoms with Gasteiger partial charge in [-0.3, -0.25) is 10.0 Å². The number of nitrogens with zero attached hydrogens (tertiary/aromatic N) is 2. The van der Waals surface area contributed by atoms with E-state index < -0.39 is 11.7 Å². The molecule has 17 heavy (non-hydrogen) atoms. The zero-order valence-electron chi connectivity index (χ0n) is 9.38. The van der Waals surface area contributed by atoms with Gasteiger partial charge >= 0.3 is 6.18 Å². The zero-order chi connectivity index (χ0) is 12.6. The number of methoxy groups -OCH3 is 1. The van der Waals surface area contributed by atoms with Gasteiger partial charge in [0.25, 0.3) is 0 Å². The summed E-state index contributed by atoms with van der Waals surface area (Å²) < 4.78 is 42.6. The lowest BCUT2D eigenvalue weighted by Crippen LogP contribution is -2.43. The Kier molecular flexibility index (Phi) is 2.88. The van der Waals surface area contributed by atoms with Crippen LogP contribution in [0.3, 0.4) is 0 Å². The Morgan fingerprint density at radius 2 is 2.00 bits per heavy atom. The second-order valence-corrected chi connectivity index (χ2v) is 3.71. The first kappa shape index (κ1) is 12.0. The van der Waals surface area contributed by atoms with Crippen molar-refractivity contribution in [3.63, 3.8) is 0 Å². The fourth-order valence-corrected chi connectivity index (χ4v) is 1.71. The first-order valence-electron chi connectivity index (χ1n) is 4.91. The molecule has 0 spiro atoms. The van der Waals surface area contributed by atoms with E-state index in [1.165, 1.54) is 18.2 Å². The van der Waals surface area contributed by atoms with Gasteiger partial charge in [0.1, 0.15) is 6.73 Å². The number of hydrazine groups is 2. The monoisotopic (exact) mass is 247 g/mol.